The summed E-state index contributed by atoms with van der Waals surface area (Å²) in [7, 11) is 0. The molecule has 102 valence electrons. The predicted octanol–water partition coefficient (Wildman–Crippen LogP) is 4.00. The van der Waals surface area contributed by atoms with Crippen LogP contribution in [0.4, 0.5) is 10.1 Å². The summed E-state index contributed by atoms with van der Waals surface area (Å²) in [5.41, 5.74) is 3.98. The zero-order chi connectivity index (χ0) is 14.1. The van der Waals surface area contributed by atoms with Gasteiger partial charge in [-0.05, 0) is 59.8 Å². The number of fused-ring (bicyclic) bond motifs is 1. The molecule has 0 amide bonds. The van der Waals surface area contributed by atoms with Crippen molar-refractivity contribution in [2.75, 3.05) is 5.32 Å². The van der Waals surface area contributed by atoms with E-state index < -0.39 is 0 Å². The summed E-state index contributed by atoms with van der Waals surface area (Å²) in [4.78, 5) is 4.52. The minimum atomic E-state index is -0.217. The number of aromatic nitrogens is 2. The first kappa shape index (κ1) is 13.4. The third kappa shape index (κ3) is 2.49. The summed E-state index contributed by atoms with van der Waals surface area (Å²) in [6.07, 6.45) is 2.00. The molecule has 3 aromatic rings. The highest BCUT2D eigenvalue weighted by Gasteiger charge is 2.08. The molecule has 3 rings (SSSR count). The number of nitrogens with zero attached hydrogens (tertiary/aromatic N) is 2. The summed E-state index contributed by atoms with van der Waals surface area (Å²) in [5.74, 6) is -0.217. The lowest BCUT2D eigenvalue weighted by atomic mass is 10.3. The summed E-state index contributed by atoms with van der Waals surface area (Å²) in [6, 6.07) is 10.7. The van der Waals surface area contributed by atoms with E-state index in [1.165, 1.54) is 12.1 Å². The molecule has 1 N–H and O–H groups in total. The first-order valence-corrected chi connectivity index (χ1v) is 7.34. The van der Waals surface area contributed by atoms with Crippen molar-refractivity contribution in [1.82, 2.24) is 9.38 Å². The fourth-order valence-corrected chi connectivity index (χ4v) is 2.86. The van der Waals surface area contributed by atoms with Crippen LogP contribution in [-0.2, 0) is 6.54 Å². The maximum absolute atomic E-state index is 13.1. The summed E-state index contributed by atoms with van der Waals surface area (Å²) < 4.78 is 16.0. The molecular formula is C15H13FIN3. The lowest BCUT2D eigenvalue weighted by Crippen LogP contribution is -2.05. The molecule has 2 aromatic heterocycles. The molecule has 0 saturated heterocycles. The number of hydrogen-bond acceptors (Lipinski definition) is 2. The fourth-order valence-electron chi connectivity index (χ4n) is 2.19. The van der Waals surface area contributed by atoms with Gasteiger partial charge in [-0.3, -0.25) is 0 Å². The van der Waals surface area contributed by atoms with Crippen molar-refractivity contribution in [1.29, 1.82) is 0 Å². The van der Waals surface area contributed by atoms with Crippen molar-refractivity contribution in [3.63, 3.8) is 0 Å². The first-order chi connectivity index (χ1) is 9.65. The number of pyridine rings is 1. The zero-order valence-corrected chi connectivity index (χ0v) is 13.1. The van der Waals surface area contributed by atoms with Crippen molar-refractivity contribution in [2.24, 2.45) is 0 Å². The van der Waals surface area contributed by atoms with Crippen LogP contribution in [0, 0.1) is 16.3 Å². The molecule has 5 heteroatoms. The van der Waals surface area contributed by atoms with Gasteiger partial charge in [0, 0.05) is 15.5 Å². The Morgan fingerprint density at radius 2 is 2.15 bits per heavy atom. The van der Waals surface area contributed by atoms with Gasteiger partial charge in [0.1, 0.15) is 11.5 Å². The van der Waals surface area contributed by atoms with Gasteiger partial charge >= 0.3 is 0 Å². The first-order valence-electron chi connectivity index (χ1n) is 6.26. The molecule has 0 aliphatic rings. The van der Waals surface area contributed by atoms with Crippen molar-refractivity contribution in [3.8, 4) is 0 Å². The van der Waals surface area contributed by atoms with Gasteiger partial charge < -0.3 is 9.72 Å². The van der Waals surface area contributed by atoms with E-state index in [0.717, 1.165) is 26.3 Å². The normalized spacial score (nSPS) is 10.9. The Labute approximate surface area is 130 Å². The van der Waals surface area contributed by atoms with Crippen LogP contribution in [0.3, 0.4) is 0 Å². The van der Waals surface area contributed by atoms with E-state index in [9.17, 15) is 4.39 Å². The predicted molar refractivity (Wildman–Crippen MR) is 86.4 cm³/mol. The molecule has 1 aromatic carbocycles. The second-order valence-electron chi connectivity index (χ2n) is 4.55. The van der Waals surface area contributed by atoms with E-state index in [2.05, 4.69) is 37.3 Å². The number of anilines is 1. The van der Waals surface area contributed by atoms with Crippen LogP contribution >= 0.6 is 22.6 Å². The average molecular weight is 381 g/mol. The molecule has 0 fully saturated rings. The highest BCUT2D eigenvalue weighted by molar-refractivity contribution is 14.1. The highest BCUT2D eigenvalue weighted by atomic mass is 127. The van der Waals surface area contributed by atoms with Crippen LogP contribution in [0.5, 0.6) is 0 Å². The van der Waals surface area contributed by atoms with Gasteiger partial charge in [-0.25, -0.2) is 9.37 Å². The summed E-state index contributed by atoms with van der Waals surface area (Å²) >= 11 is 2.13. The molecule has 0 aliphatic heterocycles. The van der Waals surface area contributed by atoms with Crippen LogP contribution in [0.15, 0.2) is 42.6 Å². The zero-order valence-electron chi connectivity index (χ0n) is 10.9. The number of imidazole rings is 1. The third-order valence-electron chi connectivity index (χ3n) is 3.21. The third-order valence-corrected chi connectivity index (χ3v) is 4.10. The molecule has 0 bridgehead atoms. The molecule has 3 nitrogen and oxygen atoms in total. The fraction of sp³-hybridized carbons (Fsp3) is 0.133. The van der Waals surface area contributed by atoms with Crippen LogP contribution in [0.1, 0.15) is 11.4 Å². The number of aryl methyl sites for hydroxylation is 1. The maximum atomic E-state index is 13.1. The van der Waals surface area contributed by atoms with Gasteiger partial charge in [0.05, 0.1) is 17.9 Å². The Morgan fingerprint density at radius 3 is 2.95 bits per heavy atom. The van der Waals surface area contributed by atoms with Gasteiger partial charge in [0.2, 0.25) is 0 Å². The lowest BCUT2D eigenvalue weighted by molar-refractivity contribution is 0.627. The Bertz CT molecular complexity index is 767. The number of benzene rings is 1. The van der Waals surface area contributed by atoms with Crippen LogP contribution in [0.2, 0.25) is 0 Å². The largest absolute Gasteiger partial charge is 0.379 e. The SMILES string of the molecule is Cc1nc2ccccn2c1CNc1ccc(F)cc1I. The minimum Gasteiger partial charge on any atom is -0.379 e. The topological polar surface area (TPSA) is 29.3 Å². The smallest absolute Gasteiger partial charge is 0.137 e. The lowest BCUT2D eigenvalue weighted by Gasteiger charge is -2.09. The molecule has 0 radical (unpaired) electrons. The minimum absolute atomic E-state index is 0.217. The highest BCUT2D eigenvalue weighted by Crippen LogP contribution is 2.20. The number of hydrogen-bond donors (Lipinski definition) is 1. The van der Waals surface area contributed by atoms with Gasteiger partial charge in [0.25, 0.3) is 0 Å². The standard InChI is InChI=1S/C15H13FIN3/c1-10-14(20-7-3-2-4-15(20)19-10)9-18-13-6-5-11(16)8-12(13)17/h2-8,18H,9H2,1H3. The van der Waals surface area contributed by atoms with Crippen LogP contribution in [-0.4, -0.2) is 9.38 Å². The van der Waals surface area contributed by atoms with Crippen molar-refractivity contribution >= 4 is 33.9 Å². The molecule has 0 spiro atoms. The van der Waals surface area contributed by atoms with Gasteiger partial charge in [-0.15, -0.1) is 0 Å². The van der Waals surface area contributed by atoms with E-state index in [0.29, 0.717) is 6.54 Å². The molecule has 0 unspecified atom stereocenters. The Hall–Kier alpha value is -1.63. The van der Waals surface area contributed by atoms with Crippen molar-refractivity contribution < 1.29 is 4.39 Å². The Morgan fingerprint density at radius 1 is 1.30 bits per heavy atom. The molecule has 0 aliphatic carbocycles. The molecular weight excluding hydrogens is 368 g/mol. The monoisotopic (exact) mass is 381 g/mol. The Balaban J connectivity index is 1.88. The van der Waals surface area contributed by atoms with E-state index in [1.807, 2.05) is 31.3 Å². The van der Waals surface area contributed by atoms with E-state index in [4.69, 9.17) is 0 Å². The second-order valence-corrected chi connectivity index (χ2v) is 5.71. The average Bonchev–Trinajstić information content (AvgIpc) is 2.74. The van der Waals surface area contributed by atoms with Gasteiger partial charge in [-0.2, -0.15) is 0 Å². The Kier molecular flexibility index (Phi) is 3.60. The summed E-state index contributed by atoms with van der Waals surface area (Å²) in [6.45, 7) is 2.65. The molecule has 2 heterocycles. The van der Waals surface area contributed by atoms with E-state index >= 15 is 0 Å². The van der Waals surface area contributed by atoms with E-state index in [-0.39, 0.29) is 5.82 Å². The van der Waals surface area contributed by atoms with Crippen LogP contribution in [0.25, 0.3) is 5.65 Å². The second kappa shape index (κ2) is 5.40. The van der Waals surface area contributed by atoms with Gasteiger partial charge in [0.15, 0.2) is 0 Å². The number of nitrogens with one attached hydrogen (secondary N) is 1. The van der Waals surface area contributed by atoms with Crippen LogP contribution < -0.4 is 5.32 Å². The maximum Gasteiger partial charge on any atom is 0.137 e. The summed E-state index contributed by atoms with van der Waals surface area (Å²) in [5, 5.41) is 3.34. The quantitative estimate of drug-likeness (QED) is 0.695. The molecule has 20 heavy (non-hydrogen) atoms. The number of rotatable bonds is 3. The van der Waals surface area contributed by atoms with Crippen molar-refractivity contribution in [2.45, 2.75) is 13.5 Å². The molecule has 0 atom stereocenters. The van der Waals surface area contributed by atoms with Gasteiger partial charge in [-0.1, -0.05) is 6.07 Å². The van der Waals surface area contributed by atoms with Crippen molar-refractivity contribution in [3.05, 3.63) is 63.4 Å². The van der Waals surface area contributed by atoms with E-state index in [1.54, 1.807) is 6.07 Å². The number of halogens is 2. The molecule has 0 saturated carbocycles.